The highest BCUT2D eigenvalue weighted by Crippen LogP contribution is 2.41. The molecule has 0 aromatic heterocycles. The molecule has 1 amide bonds. The van der Waals surface area contributed by atoms with Crippen LogP contribution in [0, 0.1) is 0 Å². The Kier molecular flexibility index (Phi) is 3.92. The predicted octanol–water partition coefficient (Wildman–Crippen LogP) is 2.87. The average Bonchev–Trinajstić information content (AvgIpc) is 2.50. The molecule has 3 heteroatoms. The Morgan fingerprint density at radius 3 is 2.50 bits per heavy atom. The van der Waals surface area contributed by atoms with E-state index in [2.05, 4.69) is 44.3 Å². The second-order valence-corrected chi connectivity index (χ2v) is 6.77. The minimum atomic E-state index is -0.408. The van der Waals surface area contributed by atoms with Gasteiger partial charge in [0.2, 0.25) is 5.91 Å². The molecule has 0 radical (unpaired) electrons. The second kappa shape index (κ2) is 5.21. The predicted molar refractivity (Wildman–Crippen MR) is 84.3 cm³/mol. The van der Waals surface area contributed by atoms with Gasteiger partial charge in [0.05, 0.1) is 5.41 Å². The first kappa shape index (κ1) is 15.0. The zero-order valence-electron chi connectivity index (χ0n) is 13.4. The number of hydrogen-bond donors (Lipinski definition) is 1. The van der Waals surface area contributed by atoms with Gasteiger partial charge in [-0.25, -0.2) is 0 Å². The number of benzene rings is 1. The topological polar surface area (TPSA) is 32.3 Å². The van der Waals surface area contributed by atoms with Gasteiger partial charge in [-0.3, -0.25) is 4.79 Å². The number of rotatable bonds is 4. The maximum absolute atomic E-state index is 12.3. The van der Waals surface area contributed by atoms with Gasteiger partial charge in [-0.1, -0.05) is 26.0 Å². The summed E-state index contributed by atoms with van der Waals surface area (Å²) < 4.78 is 0. The van der Waals surface area contributed by atoms with Crippen molar-refractivity contribution in [2.45, 2.75) is 58.5 Å². The van der Waals surface area contributed by atoms with Gasteiger partial charge in [-0.15, -0.1) is 0 Å². The third-order valence-electron chi connectivity index (χ3n) is 4.09. The molecule has 1 aliphatic heterocycles. The third-order valence-corrected chi connectivity index (χ3v) is 4.09. The number of carbonyl (C=O) groups excluding carboxylic acids is 1. The molecule has 1 aromatic rings. The number of nitrogens with one attached hydrogen (secondary N) is 1. The first-order valence-corrected chi connectivity index (χ1v) is 7.41. The third kappa shape index (κ3) is 2.59. The molecule has 110 valence electrons. The van der Waals surface area contributed by atoms with E-state index in [1.54, 1.807) is 4.90 Å². The summed E-state index contributed by atoms with van der Waals surface area (Å²) in [5.74, 6) is 0.179. The Hall–Kier alpha value is -1.35. The van der Waals surface area contributed by atoms with Crippen molar-refractivity contribution in [2.24, 2.45) is 0 Å². The van der Waals surface area contributed by atoms with Gasteiger partial charge in [-0.05, 0) is 44.4 Å². The molecule has 1 aliphatic rings. The molecule has 0 aliphatic carbocycles. The molecule has 0 bridgehead atoms. The summed E-state index contributed by atoms with van der Waals surface area (Å²) >= 11 is 0. The minimum absolute atomic E-state index is 0.179. The molecule has 1 aromatic carbocycles. The molecule has 1 heterocycles. The monoisotopic (exact) mass is 274 g/mol. The van der Waals surface area contributed by atoms with E-state index in [-0.39, 0.29) is 5.91 Å². The zero-order valence-corrected chi connectivity index (χ0v) is 13.4. The Morgan fingerprint density at radius 2 is 1.90 bits per heavy atom. The zero-order chi connectivity index (χ0) is 15.1. The molecule has 1 N–H and O–H groups in total. The van der Waals surface area contributed by atoms with E-state index >= 15 is 0 Å². The van der Waals surface area contributed by atoms with Crippen molar-refractivity contribution in [2.75, 3.05) is 11.9 Å². The molecule has 1 atom stereocenters. The number of anilines is 1. The van der Waals surface area contributed by atoms with Crippen LogP contribution in [0.1, 0.15) is 45.7 Å². The number of amides is 1. The molecular formula is C17H26N2O. The quantitative estimate of drug-likeness (QED) is 0.915. The molecular weight excluding hydrogens is 248 g/mol. The molecule has 0 fully saturated rings. The molecule has 0 saturated carbocycles. The second-order valence-electron chi connectivity index (χ2n) is 6.77. The fourth-order valence-electron chi connectivity index (χ4n) is 3.13. The van der Waals surface area contributed by atoms with Gasteiger partial charge in [0.25, 0.3) is 0 Å². The Labute approximate surface area is 122 Å². The van der Waals surface area contributed by atoms with Crippen molar-refractivity contribution in [1.82, 2.24) is 5.32 Å². The summed E-state index contributed by atoms with van der Waals surface area (Å²) in [7, 11) is 1.86. The molecule has 0 saturated heterocycles. The van der Waals surface area contributed by atoms with E-state index < -0.39 is 5.41 Å². The number of hydrogen-bond acceptors (Lipinski definition) is 2. The van der Waals surface area contributed by atoms with E-state index in [1.165, 1.54) is 5.56 Å². The summed E-state index contributed by atoms with van der Waals surface area (Å²) in [6.07, 6.45) is 0.986. The lowest BCUT2D eigenvalue weighted by Crippen LogP contribution is -2.34. The first-order chi connectivity index (χ1) is 9.23. The van der Waals surface area contributed by atoms with Crippen LogP contribution in [0.25, 0.3) is 0 Å². The minimum Gasteiger partial charge on any atom is -0.314 e. The maximum Gasteiger partial charge on any atom is 0.236 e. The smallest absolute Gasteiger partial charge is 0.236 e. The number of carbonyl (C=O) groups is 1. The van der Waals surface area contributed by atoms with Crippen LogP contribution >= 0.6 is 0 Å². The fourth-order valence-corrected chi connectivity index (χ4v) is 3.13. The van der Waals surface area contributed by atoms with Gasteiger partial charge in [0.15, 0.2) is 0 Å². The Morgan fingerprint density at radius 1 is 1.25 bits per heavy atom. The SMILES string of the molecule is CC(C)NC(C)Cc1ccc2c(c1)C(C)(C)C(=O)N2C. The lowest BCUT2D eigenvalue weighted by Gasteiger charge is -2.19. The largest absolute Gasteiger partial charge is 0.314 e. The van der Waals surface area contributed by atoms with Crippen LogP contribution in [0.4, 0.5) is 5.69 Å². The van der Waals surface area contributed by atoms with Crippen LogP contribution in [-0.2, 0) is 16.6 Å². The van der Waals surface area contributed by atoms with Crippen LogP contribution in [0.5, 0.6) is 0 Å². The van der Waals surface area contributed by atoms with Gasteiger partial charge < -0.3 is 10.2 Å². The van der Waals surface area contributed by atoms with E-state index in [0.29, 0.717) is 12.1 Å². The van der Waals surface area contributed by atoms with Crippen molar-refractivity contribution in [1.29, 1.82) is 0 Å². The summed E-state index contributed by atoms with van der Waals surface area (Å²) in [4.78, 5) is 14.0. The van der Waals surface area contributed by atoms with Crippen molar-refractivity contribution in [3.8, 4) is 0 Å². The molecule has 3 nitrogen and oxygen atoms in total. The standard InChI is InChI=1S/C17H26N2O/c1-11(2)18-12(3)9-13-7-8-15-14(10-13)17(4,5)16(20)19(15)6/h7-8,10-12,18H,9H2,1-6H3. The maximum atomic E-state index is 12.3. The highest BCUT2D eigenvalue weighted by Gasteiger charge is 2.42. The van der Waals surface area contributed by atoms with Crippen molar-refractivity contribution < 1.29 is 4.79 Å². The first-order valence-electron chi connectivity index (χ1n) is 7.41. The van der Waals surface area contributed by atoms with Crippen molar-refractivity contribution in [3.63, 3.8) is 0 Å². The summed E-state index contributed by atoms with van der Waals surface area (Å²) in [6, 6.07) is 7.35. The normalized spacial score (nSPS) is 18.6. The van der Waals surface area contributed by atoms with E-state index in [9.17, 15) is 4.79 Å². The summed E-state index contributed by atoms with van der Waals surface area (Å²) in [5.41, 5.74) is 3.09. The Bertz CT molecular complexity index is 520. The number of nitrogens with zero attached hydrogens (tertiary/aromatic N) is 1. The van der Waals surface area contributed by atoms with E-state index in [4.69, 9.17) is 0 Å². The lowest BCUT2D eigenvalue weighted by molar-refractivity contribution is -0.121. The van der Waals surface area contributed by atoms with Crippen LogP contribution < -0.4 is 10.2 Å². The summed E-state index contributed by atoms with van der Waals surface area (Å²) in [6.45, 7) is 10.6. The highest BCUT2D eigenvalue weighted by atomic mass is 16.2. The van der Waals surface area contributed by atoms with Crippen LogP contribution in [0.3, 0.4) is 0 Å². The molecule has 20 heavy (non-hydrogen) atoms. The van der Waals surface area contributed by atoms with Crippen molar-refractivity contribution in [3.05, 3.63) is 29.3 Å². The van der Waals surface area contributed by atoms with Gasteiger partial charge in [0, 0.05) is 24.8 Å². The molecule has 2 rings (SSSR count). The lowest BCUT2D eigenvalue weighted by atomic mass is 9.85. The van der Waals surface area contributed by atoms with Crippen molar-refractivity contribution >= 4 is 11.6 Å². The highest BCUT2D eigenvalue weighted by molar-refractivity contribution is 6.07. The fraction of sp³-hybridized carbons (Fsp3) is 0.588. The van der Waals surface area contributed by atoms with Crippen LogP contribution in [0.2, 0.25) is 0 Å². The van der Waals surface area contributed by atoms with Crippen LogP contribution in [-0.4, -0.2) is 25.0 Å². The molecule has 0 spiro atoms. The average molecular weight is 274 g/mol. The Balaban J connectivity index is 2.25. The van der Waals surface area contributed by atoms with Gasteiger partial charge in [-0.2, -0.15) is 0 Å². The number of likely N-dealkylation sites (N-methyl/N-ethyl adjacent to an activating group) is 1. The van der Waals surface area contributed by atoms with Crippen LogP contribution in [0.15, 0.2) is 18.2 Å². The summed E-state index contributed by atoms with van der Waals surface area (Å²) in [5, 5.41) is 3.52. The molecule has 1 unspecified atom stereocenters. The van der Waals surface area contributed by atoms with Gasteiger partial charge in [0.1, 0.15) is 0 Å². The van der Waals surface area contributed by atoms with E-state index in [0.717, 1.165) is 17.7 Å². The number of fused-ring (bicyclic) bond motifs is 1. The van der Waals surface area contributed by atoms with E-state index in [1.807, 2.05) is 20.9 Å². The van der Waals surface area contributed by atoms with Gasteiger partial charge >= 0.3 is 0 Å².